The van der Waals surface area contributed by atoms with Crippen molar-refractivity contribution in [1.29, 1.82) is 0 Å². The fourth-order valence-electron chi connectivity index (χ4n) is 2.59. The van der Waals surface area contributed by atoms with Gasteiger partial charge in [0, 0.05) is 18.7 Å². The molecule has 1 aromatic carbocycles. The summed E-state index contributed by atoms with van der Waals surface area (Å²) < 4.78 is 15.9. The van der Waals surface area contributed by atoms with Gasteiger partial charge in [0.2, 0.25) is 5.91 Å². The minimum Gasteiger partial charge on any atom is -0.497 e. The first kappa shape index (κ1) is 17.5. The van der Waals surface area contributed by atoms with Crippen molar-refractivity contribution in [2.75, 3.05) is 27.3 Å². The van der Waals surface area contributed by atoms with Gasteiger partial charge in [-0.15, -0.1) is 0 Å². The van der Waals surface area contributed by atoms with Crippen molar-refractivity contribution in [3.05, 3.63) is 23.8 Å². The molecule has 1 heterocycles. The third-order valence-electron chi connectivity index (χ3n) is 3.93. The lowest BCUT2D eigenvalue weighted by Crippen LogP contribution is -2.37. The standard InChI is InChI=1S/C16H24N2O5/c1-21-10-3-5-14(22-2)12(7-10)13(19)9-18-16(20)15-6-4-11(8-17)23-15/h3,5,7,11,13,15,19H,4,6,8-9,17H2,1-2H3,(H,18,20)/t11-,13?,15+/m1/s1. The first-order valence-corrected chi connectivity index (χ1v) is 7.62. The average Bonchev–Trinajstić information content (AvgIpc) is 3.08. The molecular formula is C16H24N2O5. The third kappa shape index (κ3) is 4.34. The van der Waals surface area contributed by atoms with Crippen LogP contribution in [-0.2, 0) is 9.53 Å². The molecule has 1 aromatic rings. The fourth-order valence-corrected chi connectivity index (χ4v) is 2.59. The first-order valence-electron chi connectivity index (χ1n) is 7.62. The number of nitrogens with one attached hydrogen (secondary N) is 1. The van der Waals surface area contributed by atoms with Gasteiger partial charge in [-0.05, 0) is 31.0 Å². The number of nitrogens with two attached hydrogens (primary N) is 1. The molecule has 1 saturated heterocycles. The molecule has 0 saturated carbocycles. The van der Waals surface area contributed by atoms with Crippen LogP contribution in [0, 0.1) is 0 Å². The molecule has 1 aliphatic rings. The predicted octanol–water partition coefficient (Wildman–Crippen LogP) is 0.360. The van der Waals surface area contributed by atoms with Gasteiger partial charge in [-0.3, -0.25) is 4.79 Å². The maximum atomic E-state index is 12.1. The van der Waals surface area contributed by atoms with E-state index in [-0.39, 0.29) is 18.6 Å². The van der Waals surface area contributed by atoms with Gasteiger partial charge in [0.1, 0.15) is 17.6 Å². The van der Waals surface area contributed by atoms with Crippen LogP contribution in [0.15, 0.2) is 18.2 Å². The van der Waals surface area contributed by atoms with Crippen LogP contribution >= 0.6 is 0 Å². The number of aliphatic hydroxyl groups is 1. The van der Waals surface area contributed by atoms with Gasteiger partial charge < -0.3 is 30.4 Å². The van der Waals surface area contributed by atoms with Gasteiger partial charge in [-0.1, -0.05) is 0 Å². The lowest BCUT2D eigenvalue weighted by atomic mass is 10.1. The Hall–Kier alpha value is -1.83. The molecule has 1 aliphatic heterocycles. The molecule has 0 radical (unpaired) electrons. The SMILES string of the molecule is COc1ccc(OC)c(C(O)CNC(=O)[C@@H]2CC[C@H](CN)O2)c1. The lowest BCUT2D eigenvalue weighted by molar-refractivity contribution is -0.132. The number of amides is 1. The molecule has 3 atom stereocenters. The van der Waals surface area contributed by atoms with E-state index in [1.165, 1.54) is 7.11 Å². The van der Waals surface area contributed by atoms with E-state index in [0.29, 0.717) is 30.0 Å². The van der Waals surface area contributed by atoms with Crippen LogP contribution in [0.1, 0.15) is 24.5 Å². The van der Waals surface area contributed by atoms with Crippen molar-refractivity contribution in [2.24, 2.45) is 5.73 Å². The van der Waals surface area contributed by atoms with Crippen molar-refractivity contribution in [1.82, 2.24) is 5.32 Å². The minimum atomic E-state index is -0.907. The Labute approximate surface area is 135 Å². The van der Waals surface area contributed by atoms with E-state index in [1.54, 1.807) is 25.3 Å². The summed E-state index contributed by atoms with van der Waals surface area (Å²) in [6, 6.07) is 5.14. The monoisotopic (exact) mass is 324 g/mol. The van der Waals surface area contributed by atoms with E-state index in [1.807, 2.05) is 0 Å². The summed E-state index contributed by atoms with van der Waals surface area (Å²) in [6.07, 6.45) is -0.0413. The molecule has 0 aliphatic carbocycles. The molecule has 7 heteroatoms. The van der Waals surface area contributed by atoms with Crippen molar-refractivity contribution in [3.8, 4) is 11.5 Å². The van der Waals surface area contributed by atoms with Crippen LogP contribution < -0.4 is 20.5 Å². The molecular weight excluding hydrogens is 300 g/mol. The predicted molar refractivity (Wildman–Crippen MR) is 84.5 cm³/mol. The Bertz CT molecular complexity index is 537. The van der Waals surface area contributed by atoms with Crippen LogP contribution in [0.3, 0.4) is 0 Å². The smallest absolute Gasteiger partial charge is 0.249 e. The highest BCUT2D eigenvalue weighted by molar-refractivity contribution is 5.81. The highest BCUT2D eigenvalue weighted by Crippen LogP contribution is 2.29. The number of ether oxygens (including phenoxy) is 3. The molecule has 0 spiro atoms. The lowest BCUT2D eigenvalue weighted by Gasteiger charge is -2.18. The Morgan fingerprint density at radius 2 is 2.22 bits per heavy atom. The average molecular weight is 324 g/mol. The number of methoxy groups -OCH3 is 2. The molecule has 4 N–H and O–H groups in total. The maximum Gasteiger partial charge on any atom is 0.249 e. The molecule has 1 amide bonds. The molecule has 1 fully saturated rings. The topological polar surface area (TPSA) is 103 Å². The Morgan fingerprint density at radius 1 is 1.43 bits per heavy atom. The number of aliphatic hydroxyl groups excluding tert-OH is 1. The second-order valence-corrected chi connectivity index (χ2v) is 5.43. The van der Waals surface area contributed by atoms with Crippen LogP contribution in [0.5, 0.6) is 11.5 Å². The van der Waals surface area contributed by atoms with Crippen LogP contribution in [0.2, 0.25) is 0 Å². The number of hydrogen-bond donors (Lipinski definition) is 3. The van der Waals surface area contributed by atoms with E-state index in [9.17, 15) is 9.90 Å². The highest BCUT2D eigenvalue weighted by Gasteiger charge is 2.30. The van der Waals surface area contributed by atoms with Gasteiger partial charge in [0.15, 0.2) is 0 Å². The molecule has 2 rings (SSSR count). The van der Waals surface area contributed by atoms with E-state index in [2.05, 4.69) is 5.32 Å². The third-order valence-corrected chi connectivity index (χ3v) is 3.93. The van der Waals surface area contributed by atoms with Gasteiger partial charge in [-0.25, -0.2) is 0 Å². The largest absolute Gasteiger partial charge is 0.497 e. The molecule has 1 unspecified atom stereocenters. The van der Waals surface area contributed by atoms with E-state index in [0.717, 1.165) is 6.42 Å². The second-order valence-electron chi connectivity index (χ2n) is 5.43. The zero-order chi connectivity index (χ0) is 16.8. The van der Waals surface area contributed by atoms with Crippen LogP contribution in [0.4, 0.5) is 0 Å². The normalized spacial score (nSPS) is 21.7. The summed E-state index contributed by atoms with van der Waals surface area (Å²) in [6.45, 7) is 0.475. The van der Waals surface area contributed by atoms with Gasteiger partial charge in [0.05, 0.1) is 26.4 Å². The van der Waals surface area contributed by atoms with E-state index < -0.39 is 12.2 Å². The maximum absolute atomic E-state index is 12.1. The van der Waals surface area contributed by atoms with Gasteiger partial charge in [-0.2, -0.15) is 0 Å². The number of hydrogen-bond acceptors (Lipinski definition) is 6. The molecule has 0 bridgehead atoms. The quantitative estimate of drug-likeness (QED) is 0.669. The summed E-state index contributed by atoms with van der Waals surface area (Å²) >= 11 is 0. The number of carbonyl (C=O) groups excluding carboxylic acids is 1. The van der Waals surface area contributed by atoms with Crippen LogP contribution in [-0.4, -0.2) is 50.5 Å². The van der Waals surface area contributed by atoms with E-state index >= 15 is 0 Å². The van der Waals surface area contributed by atoms with Crippen molar-refractivity contribution < 1.29 is 24.1 Å². The fraction of sp³-hybridized carbons (Fsp3) is 0.562. The number of carbonyl (C=O) groups is 1. The molecule has 23 heavy (non-hydrogen) atoms. The zero-order valence-electron chi connectivity index (χ0n) is 13.5. The van der Waals surface area contributed by atoms with Crippen LogP contribution in [0.25, 0.3) is 0 Å². The zero-order valence-corrected chi connectivity index (χ0v) is 13.5. The van der Waals surface area contributed by atoms with Crippen molar-refractivity contribution >= 4 is 5.91 Å². The number of benzene rings is 1. The van der Waals surface area contributed by atoms with Gasteiger partial charge >= 0.3 is 0 Å². The Kier molecular flexibility index (Phi) is 6.20. The molecule has 0 aromatic heterocycles. The Balaban J connectivity index is 1.94. The summed E-state index contributed by atoms with van der Waals surface area (Å²) in [5, 5.41) is 13.0. The summed E-state index contributed by atoms with van der Waals surface area (Å²) in [5.74, 6) is 0.908. The van der Waals surface area contributed by atoms with E-state index in [4.69, 9.17) is 19.9 Å². The van der Waals surface area contributed by atoms with Crippen molar-refractivity contribution in [3.63, 3.8) is 0 Å². The summed E-state index contributed by atoms with van der Waals surface area (Å²) in [7, 11) is 3.07. The summed E-state index contributed by atoms with van der Waals surface area (Å²) in [5.41, 5.74) is 6.09. The Morgan fingerprint density at radius 3 is 2.83 bits per heavy atom. The second kappa shape index (κ2) is 8.14. The minimum absolute atomic E-state index is 0.0610. The highest BCUT2D eigenvalue weighted by atomic mass is 16.5. The molecule has 128 valence electrons. The van der Waals surface area contributed by atoms with Crippen molar-refractivity contribution in [2.45, 2.75) is 31.2 Å². The summed E-state index contributed by atoms with van der Waals surface area (Å²) in [4.78, 5) is 12.1. The van der Waals surface area contributed by atoms with Gasteiger partial charge in [0.25, 0.3) is 0 Å². The number of rotatable bonds is 7. The molecule has 7 nitrogen and oxygen atoms in total. The first-order chi connectivity index (χ1) is 11.1.